The molecule has 1 fully saturated rings. The Morgan fingerprint density at radius 2 is 1.84 bits per heavy atom. The molecule has 1 saturated heterocycles. The number of primary amides is 1. The lowest BCUT2D eigenvalue weighted by atomic mass is 10.2. The third-order valence-electron chi connectivity index (χ3n) is 4.11. The number of carbonyl (C=O) groups is 2. The standard InChI is InChI=1S/C18H21N3O2S2/c19-17(22)13-25-16-6-2-1-5-15(16)18(23)21-9-7-20(8-10-21)12-14-4-3-11-24-14/h1-6,11H,7-10,12-13H2,(H2,19,22). The zero-order valence-corrected chi connectivity index (χ0v) is 15.5. The lowest BCUT2D eigenvalue weighted by molar-refractivity contribution is -0.115. The number of piperazine rings is 1. The minimum Gasteiger partial charge on any atom is -0.369 e. The first kappa shape index (κ1) is 18.0. The predicted molar refractivity (Wildman–Crippen MR) is 102 cm³/mol. The molecule has 5 nitrogen and oxygen atoms in total. The van der Waals surface area contributed by atoms with Crippen LogP contribution in [0.3, 0.4) is 0 Å². The van der Waals surface area contributed by atoms with Crippen LogP contribution < -0.4 is 5.73 Å². The Morgan fingerprint density at radius 3 is 2.52 bits per heavy atom. The van der Waals surface area contributed by atoms with Gasteiger partial charge in [-0.25, -0.2) is 0 Å². The van der Waals surface area contributed by atoms with Crippen molar-refractivity contribution in [2.45, 2.75) is 11.4 Å². The lowest BCUT2D eigenvalue weighted by Crippen LogP contribution is -2.48. The van der Waals surface area contributed by atoms with E-state index in [0.29, 0.717) is 5.56 Å². The van der Waals surface area contributed by atoms with E-state index in [9.17, 15) is 9.59 Å². The fourth-order valence-electron chi connectivity index (χ4n) is 2.82. The van der Waals surface area contributed by atoms with Gasteiger partial charge in [-0.2, -0.15) is 0 Å². The largest absolute Gasteiger partial charge is 0.369 e. The van der Waals surface area contributed by atoms with Crippen molar-refractivity contribution in [3.8, 4) is 0 Å². The average Bonchev–Trinajstić information content (AvgIpc) is 3.13. The minimum absolute atomic E-state index is 0.0309. The number of hydrogen-bond donors (Lipinski definition) is 1. The van der Waals surface area contributed by atoms with Crippen LogP contribution in [-0.2, 0) is 11.3 Å². The van der Waals surface area contributed by atoms with Crippen molar-refractivity contribution >= 4 is 34.9 Å². The lowest BCUT2D eigenvalue weighted by Gasteiger charge is -2.34. The van der Waals surface area contributed by atoms with E-state index >= 15 is 0 Å². The Hall–Kier alpha value is -1.83. The summed E-state index contributed by atoms with van der Waals surface area (Å²) in [5.41, 5.74) is 5.87. The maximum atomic E-state index is 12.9. The molecule has 7 heteroatoms. The molecule has 2 heterocycles. The van der Waals surface area contributed by atoms with Crippen LogP contribution in [0.4, 0.5) is 0 Å². The summed E-state index contributed by atoms with van der Waals surface area (Å²) in [6.45, 7) is 4.14. The molecule has 0 radical (unpaired) electrons. The van der Waals surface area contributed by atoms with Crippen LogP contribution in [-0.4, -0.2) is 53.5 Å². The molecule has 0 spiro atoms. The summed E-state index contributed by atoms with van der Waals surface area (Å²) in [7, 11) is 0. The van der Waals surface area contributed by atoms with E-state index in [1.807, 2.05) is 29.2 Å². The highest BCUT2D eigenvalue weighted by atomic mass is 32.2. The van der Waals surface area contributed by atoms with Crippen molar-refractivity contribution in [1.29, 1.82) is 0 Å². The van der Waals surface area contributed by atoms with Crippen LogP contribution in [0.15, 0.2) is 46.7 Å². The van der Waals surface area contributed by atoms with Crippen molar-refractivity contribution in [2.24, 2.45) is 5.73 Å². The molecule has 1 aromatic carbocycles. The molecule has 25 heavy (non-hydrogen) atoms. The zero-order chi connectivity index (χ0) is 17.6. The van der Waals surface area contributed by atoms with Gasteiger partial charge in [-0.05, 0) is 23.6 Å². The third kappa shape index (κ3) is 4.84. The summed E-state index contributed by atoms with van der Waals surface area (Å²) in [6.07, 6.45) is 0. The summed E-state index contributed by atoms with van der Waals surface area (Å²) in [4.78, 5) is 30.3. The monoisotopic (exact) mass is 375 g/mol. The fraction of sp³-hybridized carbons (Fsp3) is 0.333. The number of benzene rings is 1. The molecular formula is C18H21N3O2S2. The Balaban J connectivity index is 1.60. The van der Waals surface area contributed by atoms with Gasteiger partial charge in [-0.1, -0.05) is 18.2 Å². The van der Waals surface area contributed by atoms with E-state index in [1.54, 1.807) is 11.3 Å². The van der Waals surface area contributed by atoms with Gasteiger partial charge >= 0.3 is 0 Å². The Morgan fingerprint density at radius 1 is 1.08 bits per heavy atom. The van der Waals surface area contributed by atoms with Gasteiger partial charge in [0.1, 0.15) is 0 Å². The van der Waals surface area contributed by atoms with Crippen molar-refractivity contribution in [1.82, 2.24) is 9.80 Å². The van der Waals surface area contributed by atoms with E-state index in [2.05, 4.69) is 22.4 Å². The van der Waals surface area contributed by atoms with Gasteiger partial charge < -0.3 is 10.6 Å². The summed E-state index contributed by atoms with van der Waals surface area (Å²) in [5, 5.41) is 2.09. The van der Waals surface area contributed by atoms with Crippen LogP contribution in [0.2, 0.25) is 0 Å². The quantitative estimate of drug-likeness (QED) is 0.787. The summed E-state index contributed by atoms with van der Waals surface area (Å²) in [5.74, 6) is -0.170. The van der Waals surface area contributed by atoms with E-state index in [-0.39, 0.29) is 17.6 Å². The molecule has 3 rings (SSSR count). The van der Waals surface area contributed by atoms with Gasteiger partial charge in [0.15, 0.2) is 0 Å². The molecule has 1 aliphatic heterocycles. The molecule has 1 aliphatic rings. The number of carbonyl (C=O) groups excluding carboxylic acids is 2. The second kappa shape index (κ2) is 8.51. The third-order valence-corrected chi connectivity index (χ3v) is 6.06. The Labute approximate surface area is 155 Å². The smallest absolute Gasteiger partial charge is 0.255 e. The second-order valence-electron chi connectivity index (χ2n) is 5.90. The maximum absolute atomic E-state index is 12.9. The molecular weight excluding hydrogens is 354 g/mol. The molecule has 0 aliphatic carbocycles. The minimum atomic E-state index is -0.380. The predicted octanol–water partition coefficient (Wildman–Crippen LogP) is 2.28. The summed E-state index contributed by atoms with van der Waals surface area (Å²) >= 11 is 3.09. The molecule has 1 aromatic heterocycles. The first-order valence-corrected chi connectivity index (χ1v) is 10.0. The van der Waals surface area contributed by atoms with Crippen LogP contribution >= 0.6 is 23.1 Å². The van der Waals surface area contributed by atoms with Gasteiger partial charge in [0.2, 0.25) is 5.91 Å². The normalized spacial score (nSPS) is 15.3. The number of thioether (sulfide) groups is 1. The molecule has 2 aromatic rings. The first-order valence-electron chi connectivity index (χ1n) is 8.17. The van der Waals surface area contributed by atoms with Gasteiger partial charge in [0.25, 0.3) is 5.91 Å². The molecule has 2 amide bonds. The van der Waals surface area contributed by atoms with E-state index in [0.717, 1.165) is 37.6 Å². The van der Waals surface area contributed by atoms with Crippen molar-refractivity contribution < 1.29 is 9.59 Å². The highest BCUT2D eigenvalue weighted by molar-refractivity contribution is 8.00. The molecule has 2 N–H and O–H groups in total. The van der Waals surface area contributed by atoms with Crippen LogP contribution in [0, 0.1) is 0 Å². The molecule has 0 atom stereocenters. The van der Waals surface area contributed by atoms with E-state index in [4.69, 9.17) is 5.73 Å². The Kier molecular flexibility index (Phi) is 6.12. The highest BCUT2D eigenvalue weighted by Gasteiger charge is 2.24. The van der Waals surface area contributed by atoms with Crippen LogP contribution in [0.25, 0.3) is 0 Å². The average molecular weight is 376 g/mol. The van der Waals surface area contributed by atoms with Crippen LogP contribution in [0.5, 0.6) is 0 Å². The number of rotatable bonds is 6. The summed E-state index contributed by atoms with van der Waals surface area (Å²) < 4.78 is 0. The van der Waals surface area contributed by atoms with E-state index in [1.165, 1.54) is 16.6 Å². The summed E-state index contributed by atoms with van der Waals surface area (Å²) in [6, 6.07) is 11.6. The van der Waals surface area contributed by atoms with Gasteiger partial charge in [0, 0.05) is 42.5 Å². The van der Waals surface area contributed by atoms with Crippen molar-refractivity contribution in [3.63, 3.8) is 0 Å². The van der Waals surface area contributed by atoms with E-state index < -0.39 is 0 Å². The van der Waals surface area contributed by atoms with Crippen LogP contribution in [0.1, 0.15) is 15.2 Å². The molecule has 0 unspecified atom stereocenters. The SMILES string of the molecule is NC(=O)CSc1ccccc1C(=O)N1CCN(Cc2cccs2)CC1. The number of nitrogens with zero attached hydrogens (tertiary/aromatic N) is 2. The molecule has 132 valence electrons. The fourth-order valence-corrected chi connectivity index (χ4v) is 4.35. The second-order valence-corrected chi connectivity index (χ2v) is 7.95. The topological polar surface area (TPSA) is 66.6 Å². The number of hydrogen-bond acceptors (Lipinski definition) is 5. The van der Waals surface area contributed by atoms with Gasteiger partial charge in [0.05, 0.1) is 11.3 Å². The number of thiophene rings is 1. The van der Waals surface area contributed by atoms with Crippen molar-refractivity contribution in [2.75, 3.05) is 31.9 Å². The Bertz CT molecular complexity index is 726. The van der Waals surface area contributed by atoms with Gasteiger partial charge in [-0.3, -0.25) is 14.5 Å². The maximum Gasteiger partial charge on any atom is 0.255 e. The first-order chi connectivity index (χ1) is 12.1. The van der Waals surface area contributed by atoms with Crippen molar-refractivity contribution in [3.05, 3.63) is 52.2 Å². The van der Waals surface area contributed by atoms with Gasteiger partial charge in [-0.15, -0.1) is 23.1 Å². The molecule has 0 saturated carbocycles. The number of amides is 2. The molecule has 0 bridgehead atoms. The highest BCUT2D eigenvalue weighted by Crippen LogP contribution is 2.24. The zero-order valence-electron chi connectivity index (χ0n) is 13.9. The number of nitrogens with two attached hydrogens (primary N) is 1.